The molecule has 150 valence electrons. The van der Waals surface area contributed by atoms with Crippen LogP contribution in [0, 0.1) is 0 Å². The van der Waals surface area contributed by atoms with Crippen LogP contribution in [0.3, 0.4) is 0 Å². The quantitative estimate of drug-likeness (QED) is 0.691. The molecule has 0 bridgehead atoms. The third-order valence-corrected chi connectivity index (χ3v) is 5.64. The fourth-order valence-corrected chi connectivity index (χ4v) is 4.24. The highest BCUT2D eigenvalue weighted by Crippen LogP contribution is 2.43. The maximum atomic E-state index is 13.3. The van der Waals surface area contributed by atoms with Crippen LogP contribution in [-0.2, 0) is 11.2 Å². The number of carbonyl (C=O) groups excluding carboxylic acids is 2. The fourth-order valence-electron chi connectivity index (χ4n) is 4.24. The van der Waals surface area contributed by atoms with Gasteiger partial charge in [-0.25, -0.2) is 0 Å². The van der Waals surface area contributed by atoms with E-state index in [4.69, 9.17) is 9.47 Å². The molecular weight excluding hydrogens is 384 g/mol. The number of Topliss-reactive ketones (excluding diaryl/α,β-unsaturated/α-hetero) is 1. The molecule has 0 atom stereocenters. The molecule has 0 amide bonds. The molecule has 2 N–H and O–H groups in total. The van der Waals surface area contributed by atoms with Crippen LogP contribution < -0.4 is 9.47 Å². The summed E-state index contributed by atoms with van der Waals surface area (Å²) in [6.07, 6.45) is 0.713. The predicted octanol–water partition coefficient (Wildman–Crippen LogP) is 3.70. The number of carbonyl (C=O) groups is 2. The van der Waals surface area contributed by atoms with Gasteiger partial charge in [0.25, 0.3) is 0 Å². The summed E-state index contributed by atoms with van der Waals surface area (Å²) in [5.41, 5.74) is 2.02. The summed E-state index contributed by atoms with van der Waals surface area (Å²) in [6.45, 7) is 0.189. The number of hydrogen-bond donors (Lipinski definition) is 2. The molecule has 0 fully saturated rings. The Morgan fingerprint density at radius 2 is 1.53 bits per heavy atom. The van der Waals surface area contributed by atoms with Gasteiger partial charge in [-0.2, -0.15) is 0 Å². The topological polar surface area (TPSA) is 93.1 Å². The maximum Gasteiger partial charge on any atom is 0.231 e. The molecule has 0 aromatic heterocycles. The number of aromatic hydroxyl groups is 2. The van der Waals surface area contributed by atoms with E-state index in [9.17, 15) is 19.8 Å². The molecule has 6 nitrogen and oxygen atoms in total. The fraction of sp³-hybridized carbons (Fsp3) is 0.167. The second kappa shape index (κ2) is 6.91. The molecule has 1 aliphatic heterocycles. The standard InChI is InChI=1S/C24H18O6/c25-16-5-1-3-14-21(15-4-2-6-17(26)23(15)24(28)22(14)16)18(27)9-7-13-8-10-19-20(11-13)30-12-29-19/h1-6,8,10-11,21,25-26H,7,9,12H2. The van der Waals surface area contributed by atoms with E-state index in [0.29, 0.717) is 29.0 Å². The van der Waals surface area contributed by atoms with E-state index in [1.807, 2.05) is 18.2 Å². The average molecular weight is 402 g/mol. The van der Waals surface area contributed by atoms with Crippen molar-refractivity contribution in [1.82, 2.24) is 0 Å². The Kier molecular flexibility index (Phi) is 4.20. The summed E-state index contributed by atoms with van der Waals surface area (Å²) >= 11 is 0. The van der Waals surface area contributed by atoms with Crippen molar-refractivity contribution in [3.05, 3.63) is 82.4 Å². The molecule has 2 aliphatic rings. The summed E-state index contributed by atoms with van der Waals surface area (Å²) in [4.78, 5) is 26.3. The first-order valence-corrected chi connectivity index (χ1v) is 9.64. The van der Waals surface area contributed by atoms with E-state index in [1.165, 1.54) is 12.1 Å². The zero-order chi connectivity index (χ0) is 20.8. The van der Waals surface area contributed by atoms with Crippen LogP contribution in [-0.4, -0.2) is 28.6 Å². The second-order valence-corrected chi connectivity index (χ2v) is 7.40. The number of hydrogen-bond acceptors (Lipinski definition) is 6. The van der Waals surface area contributed by atoms with Gasteiger partial charge in [0.15, 0.2) is 11.5 Å². The molecule has 3 aromatic carbocycles. The second-order valence-electron chi connectivity index (χ2n) is 7.40. The van der Waals surface area contributed by atoms with Gasteiger partial charge < -0.3 is 19.7 Å². The Labute approximate surface area is 172 Å². The first kappa shape index (κ1) is 18.2. The number of rotatable bonds is 4. The third-order valence-electron chi connectivity index (χ3n) is 5.64. The minimum Gasteiger partial charge on any atom is -0.507 e. The van der Waals surface area contributed by atoms with E-state index in [0.717, 1.165) is 5.56 Å². The Morgan fingerprint density at radius 3 is 2.20 bits per heavy atom. The first-order chi connectivity index (χ1) is 14.5. The highest BCUT2D eigenvalue weighted by molar-refractivity contribution is 6.18. The van der Waals surface area contributed by atoms with Gasteiger partial charge in [0.1, 0.15) is 17.3 Å². The highest BCUT2D eigenvalue weighted by atomic mass is 16.7. The van der Waals surface area contributed by atoms with Crippen LogP contribution in [0.2, 0.25) is 0 Å². The molecule has 1 heterocycles. The van der Waals surface area contributed by atoms with Crippen LogP contribution >= 0.6 is 0 Å². The minimum absolute atomic E-state index is 0.0768. The number of ether oxygens (including phenoxy) is 2. The molecule has 0 radical (unpaired) electrons. The lowest BCUT2D eigenvalue weighted by molar-refractivity contribution is -0.119. The Balaban J connectivity index is 1.50. The lowest BCUT2D eigenvalue weighted by Gasteiger charge is -2.27. The number of benzene rings is 3. The van der Waals surface area contributed by atoms with Gasteiger partial charge in [0, 0.05) is 6.42 Å². The lowest BCUT2D eigenvalue weighted by atomic mass is 9.74. The molecular formula is C24H18O6. The first-order valence-electron chi connectivity index (χ1n) is 9.64. The lowest BCUT2D eigenvalue weighted by Crippen LogP contribution is -2.25. The Bertz CT molecular complexity index is 1140. The molecule has 3 aromatic rings. The largest absolute Gasteiger partial charge is 0.507 e. The third kappa shape index (κ3) is 2.80. The van der Waals surface area contributed by atoms with Crippen molar-refractivity contribution >= 4 is 11.6 Å². The van der Waals surface area contributed by atoms with Crippen molar-refractivity contribution in [2.75, 3.05) is 6.79 Å². The van der Waals surface area contributed by atoms with Gasteiger partial charge in [-0.05, 0) is 47.4 Å². The van der Waals surface area contributed by atoms with Gasteiger partial charge >= 0.3 is 0 Å². The van der Waals surface area contributed by atoms with E-state index in [-0.39, 0.29) is 41.6 Å². The molecule has 0 saturated carbocycles. The highest BCUT2D eigenvalue weighted by Gasteiger charge is 2.38. The van der Waals surface area contributed by atoms with Gasteiger partial charge in [0.05, 0.1) is 17.0 Å². The number of ketones is 2. The Hall–Kier alpha value is -3.80. The number of phenolic OH excluding ortho intramolecular Hbond substituents is 2. The van der Waals surface area contributed by atoms with Crippen molar-refractivity contribution in [2.45, 2.75) is 18.8 Å². The zero-order valence-corrected chi connectivity index (χ0v) is 15.9. The van der Waals surface area contributed by atoms with E-state index in [2.05, 4.69) is 0 Å². The van der Waals surface area contributed by atoms with Crippen LogP contribution in [0.4, 0.5) is 0 Å². The molecule has 6 heteroatoms. The van der Waals surface area contributed by atoms with Gasteiger partial charge in [-0.15, -0.1) is 0 Å². The van der Waals surface area contributed by atoms with Crippen molar-refractivity contribution < 1.29 is 29.3 Å². The predicted molar refractivity (Wildman–Crippen MR) is 107 cm³/mol. The molecule has 1 aliphatic carbocycles. The smallest absolute Gasteiger partial charge is 0.231 e. The molecule has 5 rings (SSSR count). The van der Waals surface area contributed by atoms with Crippen molar-refractivity contribution in [3.8, 4) is 23.0 Å². The number of fused-ring (bicyclic) bond motifs is 3. The maximum absolute atomic E-state index is 13.3. The Morgan fingerprint density at radius 1 is 0.900 bits per heavy atom. The van der Waals surface area contributed by atoms with Crippen molar-refractivity contribution in [3.63, 3.8) is 0 Å². The summed E-state index contributed by atoms with van der Waals surface area (Å²) in [7, 11) is 0. The molecule has 30 heavy (non-hydrogen) atoms. The summed E-state index contributed by atoms with van der Waals surface area (Å²) in [5.74, 6) is -0.353. The molecule has 0 spiro atoms. The van der Waals surface area contributed by atoms with E-state index >= 15 is 0 Å². The minimum atomic E-state index is -0.735. The van der Waals surface area contributed by atoms with E-state index < -0.39 is 11.7 Å². The normalized spacial score (nSPS) is 14.3. The summed E-state index contributed by atoms with van der Waals surface area (Å²) < 4.78 is 10.7. The van der Waals surface area contributed by atoms with Crippen LogP contribution in [0.1, 0.15) is 45.0 Å². The summed E-state index contributed by atoms with van der Waals surface area (Å²) in [5, 5.41) is 20.6. The number of phenols is 2. The van der Waals surface area contributed by atoms with Crippen LogP contribution in [0.5, 0.6) is 23.0 Å². The van der Waals surface area contributed by atoms with Crippen molar-refractivity contribution in [2.24, 2.45) is 0 Å². The van der Waals surface area contributed by atoms with Crippen molar-refractivity contribution in [1.29, 1.82) is 0 Å². The van der Waals surface area contributed by atoms with Gasteiger partial charge in [-0.3, -0.25) is 9.59 Å². The zero-order valence-electron chi connectivity index (χ0n) is 15.9. The van der Waals surface area contributed by atoms with Gasteiger partial charge in [-0.1, -0.05) is 30.3 Å². The molecule has 0 saturated heterocycles. The average Bonchev–Trinajstić information content (AvgIpc) is 3.20. The summed E-state index contributed by atoms with van der Waals surface area (Å²) in [6, 6.07) is 15.0. The monoisotopic (exact) mass is 402 g/mol. The van der Waals surface area contributed by atoms with Gasteiger partial charge in [0.2, 0.25) is 12.6 Å². The van der Waals surface area contributed by atoms with Crippen LogP contribution in [0.25, 0.3) is 0 Å². The SMILES string of the molecule is O=C1c2c(O)cccc2C(C(=O)CCc2ccc3c(c2)OCO3)c2cccc(O)c21. The number of aryl methyl sites for hydroxylation is 1. The van der Waals surface area contributed by atoms with Crippen LogP contribution in [0.15, 0.2) is 54.6 Å². The van der Waals surface area contributed by atoms with E-state index in [1.54, 1.807) is 24.3 Å². The molecule has 0 unspecified atom stereocenters.